The van der Waals surface area contributed by atoms with Gasteiger partial charge in [-0.2, -0.15) is 9.49 Å². The topological polar surface area (TPSA) is 103 Å². The van der Waals surface area contributed by atoms with Gasteiger partial charge in [-0.3, -0.25) is 5.10 Å². The summed E-state index contributed by atoms with van der Waals surface area (Å²) in [6, 6.07) is 5.47. The zero-order valence-corrected chi connectivity index (χ0v) is 17.5. The second-order valence-electron chi connectivity index (χ2n) is 8.86. The normalized spacial score (nSPS) is 19.8. The Bertz CT molecular complexity index is 1030. The predicted molar refractivity (Wildman–Crippen MR) is 113 cm³/mol. The van der Waals surface area contributed by atoms with Gasteiger partial charge in [-0.1, -0.05) is 26.8 Å². The van der Waals surface area contributed by atoms with Gasteiger partial charge < -0.3 is 15.3 Å². The summed E-state index contributed by atoms with van der Waals surface area (Å²) in [4.78, 5) is 6.63. The van der Waals surface area contributed by atoms with E-state index in [9.17, 15) is 9.50 Å². The molecule has 3 heterocycles. The van der Waals surface area contributed by atoms with Crippen LogP contribution >= 0.6 is 0 Å². The molecule has 0 radical (unpaired) electrons. The molecule has 0 aliphatic carbocycles. The van der Waals surface area contributed by atoms with Crippen molar-refractivity contribution in [1.29, 1.82) is 0 Å². The predicted octanol–water partition coefficient (Wildman–Crippen LogP) is 2.99. The number of hydrogen-bond acceptors (Lipinski definition) is 7. The molecule has 4 rings (SSSR count). The van der Waals surface area contributed by atoms with Crippen molar-refractivity contribution in [1.82, 2.24) is 30.7 Å². The van der Waals surface area contributed by atoms with Gasteiger partial charge in [0.05, 0.1) is 18.0 Å². The number of benzene rings is 1. The van der Waals surface area contributed by atoms with Gasteiger partial charge in [-0.05, 0) is 30.0 Å². The number of aromatic nitrogens is 5. The quantitative estimate of drug-likeness (QED) is 0.609. The van der Waals surface area contributed by atoms with Crippen LogP contribution in [0.5, 0.6) is 5.75 Å². The van der Waals surface area contributed by atoms with Crippen LogP contribution in [0.15, 0.2) is 30.6 Å². The van der Waals surface area contributed by atoms with E-state index >= 15 is 0 Å². The summed E-state index contributed by atoms with van der Waals surface area (Å²) >= 11 is 0. The highest BCUT2D eigenvalue weighted by Crippen LogP contribution is 2.33. The summed E-state index contributed by atoms with van der Waals surface area (Å²) in [5.41, 5.74) is 1.85. The molecule has 30 heavy (non-hydrogen) atoms. The highest BCUT2D eigenvalue weighted by Gasteiger charge is 2.33. The third kappa shape index (κ3) is 3.97. The van der Waals surface area contributed by atoms with Crippen LogP contribution in [0.4, 0.5) is 10.3 Å². The average Bonchev–Trinajstić information content (AvgIpc) is 3.13. The van der Waals surface area contributed by atoms with Crippen molar-refractivity contribution >= 4 is 5.95 Å². The maximum Gasteiger partial charge on any atom is 0.245 e. The Morgan fingerprint density at radius 3 is 2.53 bits per heavy atom. The number of anilines is 1. The fraction of sp³-hybridized carbons (Fsp3) is 0.429. The van der Waals surface area contributed by atoms with Crippen molar-refractivity contribution in [2.24, 2.45) is 5.41 Å². The van der Waals surface area contributed by atoms with E-state index < -0.39 is 5.95 Å². The first-order valence-corrected chi connectivity index (χ1v) is 9.95. The van der Waals surface area contributed by atoms with Crippen LogP contribution < -0.4 is 10.2 Å². The lowest BCUT2D eigenvalue weighted by molar-refractivity contribution is 0.227. The van der Waals surface area contributed by atoms with E-state index in [4.69, 9.17) is 0 Å². The monoisotopic (exact) mass is 411 g/mol. The summed E-state index contributed by atoms with van der Waals surface area (Å²) in [5, 5.41) is 28.6. The minimum absolute atomic E-state index is 0.0273. The smallest absolute Gasteiger partial charge is 0.245 e. The second-order valence-corrected chi connectivity index (χ2v) is 8.86. The lowest BCUT2D eigenvalue weighted by Crippen LogP contribution is -2.60. The molecule has 3 aromatic rings. The molecule has 1 aliphatic heterocycles. The molecule has 9 heteroatoms. The molecule has 0 spiro atoms. The third-order valence-corrected chi connectivity index (χ3v) is 5.44. The summed E-state index contributed by atoms with van der Waals surface area (Å²) in [6.45, 7) is 10.4. The molecule has 2 aromatic heterocycles. The summed E-state index contributed by atoms with van der Waals surface area (Å²) in [6.07, 6.45) is 2.98. The van der Waals surface area contributed by atoms with Gasteiger partial charge in [0.2, 0.25) is 11.9 Å². The van der Waals surface area contributed by atoms with Gasteiger partial charge in [0.25, 0.3) is 0 Å². The summed E-state index contributed by atoms with van der Waals surface area (Å²) < 4.78 is 13.7. The second kappa shape index (κ2) is 7.64. The van der Waals surface area contributed by atoms with Crippen molar-refractivity contribution < 1.29 is 9.50 Å². The number of halogens is 1. The van der Waals surface area contributed by atoms with E-state index in [0.717, 1.165) is 13.1 Å². The van der Waals surface area contributed by atoms with Crippen LogP contribution in [0.1, 0.15) is 27.7 Å². The van der Waals surface area contributed by atoms with Crippen molar-refractivity contribution in [3.63, 3.8) is 0 Å². The average molecular weight is 411 g/mol. The molecule has 0 amide bonds. The van der Waals surface area contributed by atoms with E-state index in [1.54, 1.807) is 18.3 Å². The molecule has 3 N–H and O–H groups in total. The molecule has 0 saturated carbocycles. The van der Waals surface area contributed by atoms with Gasteiger partial charge in [-0.25, -0.2) is 4.98 Å². The van der Waals surface area contributed by atoms with Gasteiger partial charge in [0.1, 0.15) is 11.4 Å². The van der Waals surface area contributed by atoms with Gasteiger partial charge in [0, 0.05) is 30.7 Å². The first-order valence-electron chi connectivity index (χ1n) is 9.95. The molecule has 8 nitrogen and oxygen atoms in total. The fourth-order valence-electron chi connectivity index (χ4n) is 3.69. The number of phenols is 1. The largest absolute Gasteiger partial charge is 0.507 e. The van der Waals surface area contributed by atoms with Crippen LogP contribution in [-0.2, 0) is 0 Å². The maximum atomic E-state index is 13.7. The Balaban J connectivity index is 1.56. The number of piperazine rings is 1. The minimum Gasteiger partial charge on any atom is -0.507 e. The number of nitrogens with one attached hydrogen (secondary N) is 2. The van der Waals surface area contributed by atoms with Crippen LogP contribution in [0, 0.1) is 11.4 Å². The first kappa shape index (κ1) is 20.2. The number of phenolic OH excluding ortho intramolecular Hbond substituents is 1. The zero-order chi connectivity index (χ0) is 21.5. The SMILES string of the molecule is C[C@@H]1CN(c2ncc(-c3ccc(-c4cn[nH]c4F)cc3O)nn2)C[C@H](C(C)(C)C)N1. The lowest BCUT2D eigenvalue weighted by atomic mass is 9.84. The molecule has 1 aromatic carbocycles. The maximum absolute atomic E-state index is 13.7. The third-order valence-electron chi connectivity index (χ3n) is 5.44. The minimum atomic E-state index is -0.549. The number of aromatic hydroxyl groups is 1. The van der Waals surface area contributed by atoms with Crippen LogP contribution in [0.2, 0.25) is 0 Å². The molecule has 0 bridgehead atoms. The number of nitrogens with zero attached hydrogens (tertiary/aromatic N) is 5. The first-order chi connectivity index (χ1) is 14.2. The summed E-state index contributed by atoms with van der Waals surface area (Å²) in [7, 11) is 0. The van der Waals surface area contributed by atoms with Crippen LogP contribution in [0.3, 0.4) is 0 Å². The Morgan fingerprint density at radius 1 is 1.13 bits per heavy atom. The van der Waals surface area contributed by atoms with Crippen molar-refractivity contribution in [2.45, 2.75) is 39.8 Å². The van der Waals surface area contributed by atoms with Crippen molar-refractivity contribution in [2.75, 3.05) is 18.0 Å². The van der Waals surface area contributed by atoms with Gasteiger partial charge in [-0.15, -0.1) is 10.2 Å². The summed E-state index contributed by atoms with van der Waals surface area (Å²) in [5.74, 6) is -0.00904. The zero-order valence-electron chi connectivity index (χ0n) is 17.5. The molecule has 1 saturated heterocycles. The highest BCUT2D eigenvalue weighted by atomic mass is 19.1. The van der Waals surface area contributed by atoms with Crippen LogP contribution in [0.25, 0.3) is 22.4 Å². The Labute approximate surface area is 174 Å². The molecule has 0 unspecified atom stereocenters. The Hall–Kier alpha value is -3.07. The molecule has 2 atom stereocenters. The Kier molecular flexibility index (Phi) is 5.15. The van der Waals surface area contributed by atoms with E-state index in [-0.39, 0.29) is 16.7 Å². The van der Waals surface area contributed by atoms with E-state index in [1.807, 2.05) is 0 Å². The van der Waals surface area contributed by atoms with Gasteiger partial charge in [0.15, 0.2) is 0 Å². The molecular weight excluding hydrogens is 385 g/mol. The van der Waals surface area contributed by atoms with Crippen molar-refractivity contribution in [3.8, 4) is 28.1 Å². The van der Waals surface area contributed by atoms with E-state index in [0.29, 0.717) is 34.9 Å². The van der Waals surface area contributed by atoms with Gasteiger partial charge >= 0.3 is 0 Å². The van der Waals surface area contributed by atoms with E-state index in [2.05, 4.69) is 63.3 Å². The number of H-pyrrole nitrogens is 1. The Morgan fingerprint density at radius 2 is 1.93 bits per heavy atom. The standard InChI is InChI=1S/C21H26FN7O/c1-12-10-29(11-18(25-12)21(2,3)4)20-23-9-16(26-28-20)14-6-5-13(7-17(14)30)15-8-24-27-19(15)22/h5-9,12,18,25,30H,10-11H2,1-4H3,(H,24,27)/t12-,18-/m1/s1. The lowest BCUT2D eigenvalue weighted by Gasteiger charge is -2.43. The molecule has 158 valence electrons. The molecular formula is C21H26FN7O. The molecule has 1 fully saturated rings. The number of rotatable bonds is 3. The number of aromatic amines is 1. The number of hydrogen-bond donors (Lipinski definition) is 3. The van der Waals surface area contributed by atoms with Crippen molar-refractivity contribution in [3.05, 3.63) is 36.5 Å². The molecule has 1 aliphatic rings. The van der Waals surface area contributed by atoms with Crippen LogP contribution in [-0.4, -0.2) is 55.7 Å². The fourth-order valence-corrected chi connectivity index (χ4v) is 3.69. The highest BCUT2D eigenvalue weighted by molar-refractivity contribution is 5.73. The van der Waals surface area contributed by atoms with E-state index in [1.165, 1.54) is 12.3 Å².